The van der Waals surface area contributed by atoms with Gasteiger partial charge < -0.3 is 4.74 Å². The van der Waals surface area contributed by atoms with Crippen molar-refractivity contribution in [2.45, 2.75) is 32.8 Å². The van der Waals surface area contributed by atoms with Crippen LogP contribution in [0.25, 0.3) is 0 Å². The first-order valence-corrected chi connectivity index (χ1v) is 7.52. The number of ether oxygens (including phenoxy) is 1. The molecule has 0 bridgehead atoms. The Morgan fingerprint density at radius 3 is 2.86 bits per heavy atom. The smallest absolute Gasteiger partial charge is 0.354 e. The highest BCUT2D eigenvalue weighted by Gasteiger charge is 2.23. The van der Waals surface area contributed by atoms with Gasteiger partial charge in [-0.2, -0.15) is 0 Å². The summed E-state index contributed by atoms with van der Waals surface area (Å²) >= 11 is 0. The van der Waals surface area contributed by atoms with Gasteiger partial charge in [-0.05, 0) is 30.4 Å². The summed E-state index contributed by atoms with van der Waals surface area (Å²) < 4.78 is 5.67. The number of carbonyl (C=O) groups is 1. The van der Waals surface area contributed by atoms with Gasteiger partial charge in [0.2, 0.25) is 0 Å². The number of rotatable bonds is 2. The third-order valence-electron chi connectivity index (χ3n) is 3.64. The van der Waals surface area contributed by atoms with Gasteiger partial charge >= 0.3 is 5.97 Å². The zero-order valence-electron chi connectivity index (χ0n) is 12.8. The van der Waals surface area contributed by atoms with Crippen molar-refractivity contribution in [3.05, 3.63) is 66.6 Å². The van der Waals surface area contributed by atoms with E-state index in [-0.39, 0.29) is 18.0 Å². The summed E-state index contributed by atoms with van der Waals surface area (Å²) in [6.07, 6.45) is 9.77. The van der Waals surface area contributed by atoms with Crippen molar-refractivity contribution in [1.29, 1.82) is 0 Å². The summed E-state index contributed by atoms with van der Waals surface area (Å²) in [7, 11) is 0. The van der Waals surface area contributed by atoms with Crippen LogP contribution in [-0.2, 0) is 16.0 Å². The van der Waals surface area contributed by atoms with E-state index in [0.29, 0.717) is 12.3 Å². The molecule has 0 fully saturated rings. The first kappa shape index (κ1) is 15.4. The van der Waals surface area contributed by atoms with Crippen LogP contribution in [0.1, 0.15) is 37.5 Å². The number of fused-ring (bicyclic) bond motifs is 1. The van der Waals surface area contributed by atoms with Gasteiger partial charge in [0, 0.05) is 6.42 Å². The minimum atomic E-state index is -0.352. The molecule has 0 aliphatic heterocycles. The van der Waals surface area contributed by atoms with Crippen molar-refractivity contribution >= 4 is 5.97 Å². The SMILES string of the molecule is [CH2+]C(C)C(=O)OC1C/C=C\C=C/C(C)Cc2ccccc21. The van der Waals surface area contributed by atoms with Crippen LogP contribution in [0.4, 0.5) is 0 Å². The minimum Gasteiger partial charge on any atom is -0.454 e. The zero-order chi connectivity index (χ0) is 15.2. The molecule has 0 radical (unpaired) electrons. The molecular weight excluding hydrogens is 260 g/mol. The monoisotopic (exact) mass is 283 g/mol. The topological polar surface area (TPSA) is 26.3 Å². The summed E-state index contributed by atoms with van der Waals surface area (Å²) in [5.41, 5.74) is 2.36. The van der Waals surface area contributed by atoms with Gasteiger partial charge in [-0.3, -0.25) is 0 Å². The molecule has 0 saturated carbocycles. The molecule has 3 atom stereocenters. The van der Waals surface area contributed by atoms with Crippen LogP contribution in [-0.4, -0.2) is 5.97 Å². The first-order valence-electron chi connectivity index (χ1n) is 7.52. The van der Waals surface area contributed by atoms with Crippen LogP contribution in [0.2, 0.25) is 0 Å². The van der Waals surface area contributed by atoms with Crippen LogP contribution in [0.15, 0.2) is 48.6 Å². The van der Waals surface area contributed by atoms with Crippen LogP contribution in [0.3, 0.4) is 0 Å². The lowest BCUT2D eigenvalue weighted by molar-refractivity contribution is -0.152. The van der Waals surface area contributed by atoms with Gasteiger partial charge in [0.05, 0.1) is 6.92 Å². The molecular formula is C19H23O2+. The largest absolute Gasteiger partial charge is 0.454 e. The van der Waals surface area contributed by atoms with E-state index < -0.39 is 0 Å². The lowest BCUT2D eigenvalue weighted by atomic mass is 9.92. The second-order valence-corrected chi connectivity index (χ2v) is 5.76. The fraction of sp³-hybridized carbons (Fsp3) is 0.368. The van der Waals surface area contributed by atoms with Crippen molar-refractivity contribution < 1.29 is 9.53 Å². The number of hydrogen-bond acceptors (Lipinski definition) is 2. The highest BCUT2D eigenvalue weighted by Crippen LogP contribution is 2.28. The van der Waals surface area contributed by atoms with Gasteiger partial charge in [0.25, 0.3) is 0 Å². The molecule has 0 N–H and O–H groups in total. The van der Waals surface area contributed by atoms with Crippen molar-refractivity contribution in [2.75, 3.05) is 0 Å². The molecule has 2 heteroatoms. The van der Waals surface area contributed by atoms with E-state index >= 15 is 0 Å². The predicted molar refractivity (Wildman–Crippen MR) is 85.6 cm³/mol. The maximum Gasteiger partial charge on any atom is 0.354 e. The molecule has 110 valence electrons. The van der Waals surface area contributed by atoms with E-state index in [9.17, 15) is 4.79 Å². The fourth-order valence-electron chi connectivity index (χ4n) is 2.48. The van der Waals surface area contributed by atoms with Crippen molar-refractivity contribution in [3.8, 4) is 0 Å². The van der Waals surface area contributed by atoms with E-state index in [1.807, 2.05) is 18.2 Å². The Balaban J connectivity index is 2.33. The molecule has 2 rings (SSSR count). The van der Waals surface area contributed by atoms with E-state index in [1.165, 1.54) is 5.56 Å². The Morgan fingerprint density at radius 2 is 2.10 bits per heavy atom. The van der Waals surface area contributed by atoms with Crippen molar-refractivity contribution in [3.63, 3.8) is 0 Å². The summed E-state index contributed by atoms with van der Waals surface area (Å²) in [5.74, 6) is -0.142. The Labute approximate surface area is 127 Å². The summed E-state index contributed by atoms with van der Waals surface area (Å²) in [6.45, 7) is 7.70. The number of allylic oxidation sites excluding steroid dienone is 3. The molecule has 0 saturated heterocycles. The molecule has 0 amide bonds. The van der Waals surface area contributed by atoms with E-state index in [0.717, 1.165) is 12.0 Å². The molecule has 2 nitrogen and oxygen atoms in total. The minimum absolute atomic E-state index is 0.229. The molecule has 0 spiro atoms. The van der Waals surface area contributed by atoms with Crippen LogP contribution in [0.5, 0.6) is 0 Å². The molecule has 1 aliphatic rings. The molecule has 0 heterocycles. The second-order valence-electron chi connectivity index (χ2n) is 5.76. The molecule has 1 aromatic carbocycles. The van der Waals surface area contributed by atoms with Crippen LogP contribution >= 0.6 is 0 Å². The Hall–Kier alpha value is -1.96. The average molecular weight is 283 g/mol. The van der Waals surface area contributed by atoms with Gasteiger partial charge in [-0.1, -0.05) is 55.5 Å². The standard InChI is InChI=1S/C19H23O2/c1-14(2)19(20)21-18-12-6-4-5-9-15(3)13-16-10-7-8-11-17(16)18/h4-11,14-15,18H,1,12-13H2,2-3H3/q+1/b6-4-,9-5-. The molecule has 0 aromatic heterocycles. The van der Waals surface area contributed by atoms with Crippen molar-refractivity contribution in [2.24, 2.45) is 11.8 Å². The van der Waals surface area contributed by atoms with Crippen LogP contribution < -0.4 is 0 Å². The Kier molecular flexibility index (Phi) is 5.26. The predicted octanol–water partition coefficient (Wildman–Crippen LogP) is 4.44. The Bertz CT molecular complexity index is 540. The van der Waals surface area contributed by atoms with E-state index in [4.69, 9.17) is 4.74 Å². The molecule has 21 heavy (non-hydrogen) atoms. The average Bonchev–Trinajstić information content (AvgIpc) is 2.46. The van der Waals surface area contributed by atoms with Gasteiger partial charge in [-0.15, -0.1) is 0 Å². The summed E-state index contributed by atoms with van der Waals surface area (Å²) in [6, 6.07) is 8.23. The Morgan fingerprint density at radius 1 is 1.33 bits per heavy atom. The summed E-state index contributed by atoms with van der Waals surface area (Å²) in [4.78, 5) is 11.9. The molecule has 3 unspecified atom stereocenters. The number of esters is 1. The third kappa shape index (κ3) is 4.25. The van der Waals surface area contributed by atoms with Gasteiger partial charge in [-0.25, -0.2) is 4.79 Å². The van der Waals surface area contributed by atoms with Gasteiger partial charge in [0.15, 0.2) is 5.92 Å². The molecule has 1 aliphatic carbocycles. The number of hydrogen-bond donors (Lipinski definition) is 0. The van der Waals surface area contributed by atoms with E-state index in [1.54, 1.807) is 6.92 Å². The number of carbonyl (C=O) groups excluding carboxylic acids is 1. The highest BCUT2D eigenvalue weighted by molar-refractivity contribution is 5.73. The first-order chi connectivity index (χ1) is 10.1. The van der Waals surface area contributed by atoms with Gasteiger partial charge in [0.1, 0.15) is 6.10 Å². The third-order valence-corrected chi connectivity index (χ3v) is 3.64. The maximum atomic E-state index is 11.9. The molecule has 1 aromatic rings. The van der Waals surface area contributed by atoms with Crippen molar-refractivity contribution in [1.82, 2.24) is 0 Å². The zero-order valence-corrected chi connectivity index (χ0v) is 12.8. The van der Waals surface area contributed by atoms with E-state index in [2.05, 4.69) is 44.2 Å². The quantitative estimate of drug-likeness (QED) is 0.592. The lowest BCUT2D eigenvalue weighted by Gasteiger charge is -2.21. The fourth-order valence-corrected chi connectivity index (χ4v) is 2.48. The highest BCUT2D eigenvalue weighted by atomic mass is 16.5. The number of benzene rings is 1. The van der Waals surface area contributed by atoms with Crippen LogP contribution in [0, 0.1) is 18.8 Å². The second kappa shape index (κ2) is 7.16. The maximum absolute atomic E-state index is 11.9. The normalized spacial score (nSPS) is 26.2. The summed E-state index contributed by atoms with van der Waals surface area (Å²) in [5, 5.41) is 0. The lowest BCUT2D eigenvalue weighted by Crippen LogP contribution is -2.17.